The number of esters is 1. The van der Waals surface area contributed by atoms with Crippen LogP contribution < -0.4 is 5.32 Å². The van der Waals surface area contributed by atoms with Crippen LogP contribution in [0.25, 0.3) is 0 Å². The summed E-state index contributed by atoms with van der Waals surface area (Å²) in [6.07, 6.45) is 5.91. The molecule has 0 fully saturated rings. The van der Waals surface area contributed by atoms with E-state index in [4.69, 9.17) is 9.47 Å². The van der Waals surface area contributed by atoms with Gasteiger partial charge in [-0.2, -0.15) is 0 Å². The molecule has 0 spiro atoms. The van der Waals surface area contributed by atoms with E-state index in [0.29, 0.717) is 24.5 Å². The number of nitrogens with one attached hydrogen (secondary N) is 1. The molecular formula is C22H37ClN2O4. The summed E-state index contributed by atoms with van der Waals surface area (Å²) in [6.45, 7) is 10.3. The van der Waals surface area contributed by atoms with E-state index in [0.717, 1.165) is 32.5 Å². The summed E-state index contributed by atoms with van der Waals surface area (Å²) >= 11 is 0. The second-order valence-electron chi connectivity index (χ2n) is 6.88. The molecule has 0 bridgehead atoms. The van der Waals surface area contributed by atoms with Crippen LogP contribution in [0.1, 0.15) is 69.7 Å². The number of amides is 1. The molecule has 0 heterocycles. The van der Waals surface area contributed by atoms with Gasteiger partial charge in [-0.15, -0.1) is 12.4 Å². The lowest BCUT2D eigenvalue weighted by Crippen LogP contribution is -2.28. The molecule has 1 amide bonds. The summed E-state index contributed by atoms with van der Waals surface area (Å²) in [5.41, 5.74) is 1.05. The highest BCUT2D eigenvalue weighted by Gasteiger charge is 2.09. The maximum Gasteiger partial charge on any atom is 0.411 e. The van der Waals surface area contributed by atoms with Gasteiger partial charge in [0.1, 0.15) is 0 Å². The van der Waals surface area contributed by atoms with E-state index < -0.39 is 6.09 Å². The van der Waals surface area contributed by atoms with Crippen molar-refractivity contribution in [3.8, 4) is 0 Å². The van der Waals surface area contributed by atoms with Crippen molar-refractivity contribution in [2.45, 2.75) is 59.3 Å². The fraction of sp³-hybridized carbons (Fsp3) is 0.636. The molecule has 0 aliphatic rings. The first kappa shape index (κ1) is 27.2. The van der Waals surface area contributed by atoms with Gasteiger partial charge in [0.2, 0.25) is 0 Å². The summed E-state index contributed by atoms with van der Waals surface area (Å²) in [4.78, 5) is 26.1. The van der Waals surface area contributed by atoms with Crippen LogP contribution in [0, 0.1) is 0 Å². The highest BCUT2D eigenvalue weighted by atomic mass is 35.5. The van der Waals surface area contributed by atoms with Gasteiger partial charge in [0, 0.05) is 12.2 Å². The number of nitrogens with zero attached hydrogens (tertiary/aromatic N) is 1. The molecule has 1 rings (SSSR count). The number of carbonyl (C=O) groups excluding carboxylic acids is 2. The Morgan fingerprint density at radius 1 is 0.828 bits per heavy atom. The molecule has 0 aliphatic carbocycles. The topological polar surface area (TPSA) is 67.9 Å². The maximum atomic E-state index is 11.9. The van der Waals surface area contributed by atoms with Crippen LogP contribution in [-0.2, 0) is 9.47 Å². The minimum atomic E-state index is -0.477. The molecule has 0 saturated carbocycles. The van der Waals surface area contributed by atoms with Gasteiger partial charge in [0.25, 0.3) is 0 Å². The van der Waals surface area contributed by atoms with Gasteiger partial charge in [-0.25, -0.2) is 9.59 Å². The lowest BCUT2D eigenvalue weighted by Gasteiger charge is -2.21. The van der Waals surface area contributed by atoms with E-state index in [2.05, 4.69) is 24.1 Å². The Hall–Kier alpha value is -1.79. The Bertz CT molecular complexity index is 558. The molecule has 1 aromatic rings. The molecule has 0 aromatic heterocycles. The van der Waals surface area contributed by atoms with E-state index in [9.17, 15) is 9.59 Å². The zero-order chi connectivity index (χ0) is 20.6. The Labute approximate surface area is 181 Å². The molecule has 1 aromatic carbocycles. The largest absolute Gasteiger partial charge is 0.462 e. The van der Waals surface area contributed by atoms with Crippen LogP contribution in [-0.4, -0.2) is 49.8 Å². The van der Waals surface area contributed by atoms with Gasteiger partial charge in [0.05, 0.1) is 18.8 Å². The minimum Gasteiger partial charge on any atom is -0.462 e. The standard InChI is InChI=1S/C22H36N2O4.ClH/c1-4-7-14-24(15-8-5-2)16-9-18-28-22(26)23-20-12-10-19(11-13-20)21(25)27-17-6-3;/h10-13H,4-9,14-18H2,1-3H3,(H,23,26);1H. The fourth-order valence-corrected chi connectivity index (χ4v) is 2.67. The van der Waals surface area contributed by atoms with Crippen molar-refractivity contribution in [3.63, 3.8) is 0 Å². The van der Waals surface area contributed by atoms with Crippen molar-refractivity contribution in [3.05, 3.63) is 29.8 Å². The van der Waals surface area contributed by atoms with Crippen molar-refractivity contribution >= 4 is 30.2 Å². The van der Waals surface area contributed by atoms with Crippen molar-refractivity contribution in [1.82, 2.24) is 4.90 Å². The third kappa shape index (κ3) is 12.4. The Balaban J connectivity index is 0.00000784. The first-order valence-electron chi connectivity index (χ1n) is 10.5. The number of hydrogen-bond acceptors (Lipinski definition) is 5. The zero-order valence-corrected chi connectivity index (χ0v) is 18.9. The number of halogens is 1. The van der Waals surface area contributed by atoms with Gasteiger partial charge < -0.3 is 14.4 Å². The molecule has 0 atom stereocenters. The number of unbranched alkanes of at least 4 members (excludes halogenated alkanes) is 2. The Morgan fingerprint density at radius 3 is 1.97 bits per heavy atom. The highest BCUT2D eigenvalue weighted by Crippen LogP contribution is 2.11. The minimum absolute atomic E-state index is 0. The second kappa shape index (κ2) is 17.1. The number of hydrogen-bond donors (Lipinski definition) is 1. The number of anilines is 1. The Morgan fingerprint density at radius 2 is 1.41 bits per heavy atom. The van der Waals surface area contributed by atoms with Gasteiger partial charge >= 0.3 is 12.1 Å². The SMILES string of the molecule is CCCCN(CCCC)CCCOC(=O)Nc1ccc(C(=O)OCCC)cc1.Cl. The predicted molar refractivity (Wildman–Crippen MR) is 120 cm³/mol. The smallest absolute Gasteiger partial charge is 0.411 e. The number of ether oxygens (including phenoxy) is 2. The van der Waals surface area contributed by atoms with E-state index >= 15 is 0 Å². The van der Waals surface area contributed by atoms with Crippen LogP contribution in [0.4, 0.5) is 10.5 Å². The monoisotopic (exact) mass is 428 g/mol. The summed E-state index contributed by atoms with van der Waals surface area (Å²) in [7, 11) is 0. The predicted octanol–water partition coefficient (Wildman–Crippen LogP) is 5.52. The third-order valence-corrected chi connectivity index (χ3v) is 4.31. The van der Waals surface area contributed by atoms with Crippen molar-refractivity contribution in [2.75, 3.05) is 38.2 Å². The van der Waals surface area contributed by atoms with Crippen LogP contribution >= 0.6 is 12.4 Å². The Kier molecular flexibility index (Phi) is 16.0. The number of rotatable bonds is 14. The fourth-order valence-electron chi connectivity index (χ4n) is 2.67. The molecule has 1 N–H and O–H groups in total. The molecule has 7 heteroatoms. The van der Waals surface area contributed by atoms with Crippen molar-refractivity contribution < 1.29 is 19.1 Å². The zero-order valence-electron chi connectivity index (χ0n) is 18.1. The van der Waals surface area contributed by atoms with Crippen LogP contribution in [0.5, 0.6) is 0 Å². The summed E-state index contributed by atoms with van der Waals surface area (Å²) in [5, 5.41) is 2.68. The molecule has 6 nitrogen and oxygen atoms in total. The summed E-state index contributed by atoms with van der Waals surface area (Å²) in [5.74, 6) is -0.355. The van der Waals surface area contributed by atoms with Crippen LogP contribution in [0.3, 0.4) is 0 Å². The molecule has 0 radical (unpaired) electrons. The third-order valence-electron chi connectivity index (χ3n) is 4.31. The average molecular weight is 429 g/mol. The molecule has 0 unspecified atom stereocenters. The second-order valence-corrected chi connectivity index (χ2v) is 6.88. The highest BCUT2D eigenvalue weighted by molar-refractivity contribution is 5.91. The molecular weight excluding hydrogens is 392 g/mol. The van der Waals surface area contributed by atoms with Gasteiger partial charge in [0.15, 0.2) is 0 Å². The summed E-state index contributed by atoms with van der Waals surface area (Å²) < 4.78 is 10.3. The summed E-state index contributed by atoms with van der Waals surface area (Å²) in [6, 6.07) is 6.60. The average Bonchev–Trinajstić information content (AvgIpc) is 2.71. The van der Waals surface area contributed by atoms with E-state index in [1.165, 1.54) is 25.7 Å². The molecule has 0 saturated heterocycles. The first-order chi connectivity index (χ1) is 13.6. The molecule has 0 aliphatic heterocycles. The van der Waals surface area contributed by atoms with E-state index in [-0.39, 0.29) is 18.4 Å². The van der Waals surface area contributed by atoms with Gasteiger partial charge in [-0.05, 0) is 63.0 Å². The van der Waals surface area contributed by atoms with E-state index in [1.54, 1.807) is 24.3 Å². The first-order valence-corrected chi connectivity index (χ1v) is 10.5. The van der Waals surface area contributed by atoms with Gasteiger partial charge in [-0.3, -0.25) is 5.32 Å². The normalized spacial score (nSPS) is 10.3. The number of carbonyl (C=O) groups is 2. The van der Waals surface area contributed by atoms with Crippen molar-refractivity contribution in [2.24, 2.45) is 0 Å². The molecule has 29 heavy (non-hydrogen) atoms. The van der Waals surface area contributed by atoms with Crippen LogP contribution in [0.2, 0.25) is 0 Å². The van der Waals surface area contributed by atoms with Crippen LogP contribution in [0.15, 0.2) is 24.3 Å². The van der Waals surface area contributed by atoms with Gasteiger partial charge in [-0.1, -0.05) is 33.6 Å². The lowest BCUT2D eigenvalue weighted by molar-refractivity contribution is 0.0505. The lowest BCUT2D eigenvalue weighted by atomic mass is 10.2. The maximum absolute atomic E-state index is 11.9. The van der Waals surface area contributed by atoms with Crippen molar-refractivity contribution in [1.29, 1.82) is 0 Å². The van der Waals surface area contributed by atoms with E-state index in [1.807, 2.05) is 6.92 Å². The quantitative estimate of drug-likeness (QED) is 0.312. The molecule has 166 valence electrons. The number of benzene rings is 1.